The predicted molar refractivity (Wildman–Crippen MR) is 85.6 cm³/mol. The number of aryl methyl sites for hydroxylation is 1. The number of rotatable bonds is 3. The molecule has 1 aromatic carbocycles. The van der Waals surface area contributed by atoms with E-state index in [-0.39, 0.29) is 0 Å². The lowest BCUT2D eigenvalue weighted by atomic mass is 9.96. The van der Waals surface area contributed by atoms with Crippen molar-refractivity contribution in [3.05, 3.63) is 41.1 Å². The van der Waals surface area contributed by atoms with Crippen molar-refractivity contribution in [2.75, 3.05) is 12.4 Å². The summed E-state index contributed by atoms with van der Waals surface area (Å²) in [7, 11) is 1.96. The van der Waals surface area contributed by atoms with Crippen molar-refractivity contribution in [2.45, 2.75) is 44.4 Å². The number of nitrogens with zero attached hydrogens (tertiary/aromatic N) is 2. The molecule has 3 nitrogen and oxygen atoms in total. The highest BCUT2D eigenvalue weighted by molar-refractivity contribution is 5.60. The van der Waals surface area contributed by atoms with Gasteiger partial charge in [0.2, 0.25) is 0 Å². The second-order valence-corrected chi connectivity index (χ2v) is 6.17. The van der Waals surface area contributed by atoms with Gasteiger partial charge in [0.05, 0.1) is 0 Å². The number of hydrogen-bond acceptors (Lipinski definition) is 3. The first-order chi connectivity index (χ1) is 10.3. The molecule has 2 aliphatic carbocycles. The molecule has 0 saturated heterocycles. The normalized spacial score (nSPS) is 17.4. The van der Waals surface area contributed by atoms with Crippen LogP contribution in [0.2, 0.25) is 0 Å². The standard InChI is InChI=1S/C18H21N3/c1-19-18-15-4-2-3-5-16(15)20-17(21-18)14-10-8-13(9-11-14)12-6-7-12/h8-12H,2-7H2,1H3,(H,19,20,21). The van der Waals surface area contributed by atoms with Crippen LogP contribution in [0.3, 0.4) is 0 Å². The molecule has 0 amide bonds. The lowest BCUT2D eigenvalue weighted by Gasteiger charge is -2.18. The Morgan fingerprint density at radius 3 is 2.48 bits per heavy atom. The van der Waals surface area contributed by atoms with Gasteiger partial charge in [-0.1, -0.05) is 24.3 Å². The van der Waals surface area contributed by atoms with Crippen molar-refractivity contribution in [2.24, 2.45) is 0 Å². The van der Waals surface area contributed by atoms with E-state index in [2.05, 4.69) is 29.6 Å². The number of hydrogen-bond donors (Lipinski definition) is 1. The second-order valence-electron chi connectivity index (χ2n) is 6.17. The summed E-state index contributed by atoms with van der Waals surface area (Å²) in [6, 6.07) is 8.85. The lowest BCUT2D eigenvalue weighted by Crippen LogP contribution is -2.11. The average molecular weight is 279 g/mol. The molecule has 1 heterocycles. The largest absolute Gasteiger partial charge is 0.373 e. The number of aromatic nitrogens is 2. The highest BCUT2D eigenvalue weighted by Gasteiger charge is 2.23. The van der Waals surface area contributed by atoms with Crippen LogP contribution < -0.4 is 5.32 Å². The fraction of sp³-hybridized carbons (Fsp3) is 0.444. The molecule has 1 saturated carbocycles. The van der Waals surface area contributed by atoms with E-state index in [1.165, 1.54) is 42.5 Å². The molecular weight excluding hydrogens is 258 g/mol. The topological polar surface area (TPSA) is 37.8 Å². The van der Waals surface area contributed by atoms with E-state index in [1.54, 1.807) is 0 Å². The summed E-state index contributed by atoms with van der Waals surface area (Å²) in [6.07, 6.45) is 7.37. The van der Waals surface area contributed by atoms with Crippen molar-refractivity contribution >= 4 is 5.82 Å². The molecule has 0 atom stereocenters. The number of nitrogens with one attached hydrogen (secondary N) is 1. The third-order valence-corrected chi connectivity index (χ3v) is 4.64. The highest BCUT2D eigenvalue weighted by atomic mass is 15.0. The molecule has 1 aromatic heterocycles. The van der Waals surface area contributed by atoms with E-state index in [1.807, 2.05) is 7.05 Å². The third kappa shape index (κ3) is 2.41. The Balaban J connectivity index is 1.73. The summed E-state index contributed by atoms with van der Waals surface area (Å²) < 4.78 is 0. The smallest absolute Gasteiger partial charge is 0.161 e. The van der Waals surface area contributed by atoms with Gasteiger partial charge in [0.25, 0.3) is 0 Å². The van der Waals surface area contributed by atoms with Gasteiger partial charge in [0.15, 0.2) is 5.82 Å². The van der Waals surface area contributed by atoms with Crippen LogP contribution in [0.15, 0.2) is 24.3 Å². The van der Waals surface area contributed by atoms with Crippen molar-refractivity contribution in [1.82, 2.24) is 9.97 Å². The molecule has 0 unspecified atom stereocenters. The van der Waals surface area contributed by atoms with Gasteiger partial charge in [-0.25, -0.2) is 9.97 Å². The number of benzene rings is 1. The zero-order valence-corrected chi connectivity index (χ0v) is 12.5. The molecule has 2 aromatic rings. The molecule has 0 aliphatic heterocycles. The van der Waals surface area contributed by atoms with Crippen molar-refractivity contribution in [3.8, 4) is 11.4 Å². The molecule has 2 aliphatic rings. The zero-order valence-electron chi connectivity index (χ0n) is 12.5. The Kier molecular flexibility index (Phi) is 3.13. The quantitative estimate of drug-likeness (QED) is 0.924. The summed E-state index contributed by atoms with van der Waals surface area (Å²) >= 11 is 0. The summed E-state index contributed by atoms with van der Waals surface area (Å²) in [6.45, 7) is 0. The van der Waals surface area contributed by atoms with Gasteiger partial charge >= 0.3 is 0 Å². The lowest BCUT2D eigenvalue weighted by molar-refractivity contribution is 0.665. The van der Waals surface area contributed by atoms with Crippen LogP contribution in [-0.4, -0.2) is 17.0 Å². The van der Waals surface area contributed by atoms with Crippen molar-refractivity contribution < 1.29 is 0 Å². The molecule has 108 valence electrons. The number of fused-ring (bicyclic) bond motifs is 1. The van der Waals surface area contributed by atoms with Gasteiger partial charge < -0.3 is 5.32 Å². The van der Waals surface area contributed by atoms with Gasteiger partial charge in [-0.2, -0.15) is 0 Å². The average Bonchev–Trinajstić information content (AvgIpc) is 3.39. The Bertz CT molecular complexity index is 640. The highest BCUT2D eigenvalue weighted by Crippen LogP contribution is 2.40. The Hall–Kier alpha value is -1.90. The molecule has 21 heavy (non-hydrogen) atoms. The SMILES string of the molecule is CNc1nc(-c2ccc(C3CC3)cc2)nc2c1CCCC2. The fourth-order valence-electron chi connectivity index (χ4n) is 3.25. The van der Waals surface area contributed by atoms with Crippen LogP contribution in [0, 0.1) is 0 Å². The summed E-state index contributed by atoms with van der Waals surface area (Å²) in [5, 5.41) is 3.25. The first-order valence-corrected chi connectivity index (χ1v) is 8.03. The Labute approximate surface area is 125 Å². The van der Waals surface area contributed by atoms with E-state index in [0.29, 0.717) is 0 Å². The summed E-state index contributed by atoms with van der Waals surface area (Å²) in [5.74, 6) is 2.68. The van der Waals surface area contributed by atoms with Gasteiger partial charge in [0, 0.05) is 23.9 Å². The molecule has 4 rings (SSSR count). The van der Waals surface area contributed by atoms with Crippen molar-refractivity contribution in [3.63, 3.8) is 0 Å². The maximum absolute atomic E-state index is 4.83. The maximum atomic E-state index is 4.83. The van der Waals surface area contributed by atoms with Crippen LogP contribution in [0.25, 0.3) is 11.4 Å². The minimum atomic E-state index is 0.802. The Morgan fingerprint density at radius 2 is 1.76 bits per heavy atom. The van der Waals surface area contributed by atoms with E-state index in [0.717, 1.165) is 36.0 Å². The monoisotopic (exact) mass is 279 g/mol. The van der Waals surface area contributed by atoms with E-state index < -0.39 is 0 Å². The van der Waals surface area contributed by atoms with Crippen LogP contribution in [-0.2, 0) is 12.8 Å². The second kappa shape index (κ2) is 5.14. The zero-order chi connectivity index (χ0) is 14.2. The van der Waals surface area contributed by atoms with E-state index >= 15 is 0 Å². The third-order valence-electron chi connectivity index (χ3n) is 4.64. The van der Waals surface area contributed by atoms with Crippen LogP contribution in [0.1, 0.15) is 48.4 Å². The van der Waals surface area contributed by atoms with Crippen LogP contribution in [0.4, 0.5) is 5.82 Å². The van der Waals surface area contributed by atoms with Gasteiger partial charge in [-0.3, -0.25) is 0 Å². The molecule has 0 spiro atoms. The fourth-order valence-corrected chi connectivity index (χ4v) is 3.25. The minimum Gasteiger partial charge on any atom is -0.373 e. The molecular formula is C18H21N3. The maximum Gasteiger partial charge on any atom is 0.161 e. The number of anilines is 1. The van der Waals surface area contributed by atoms with Gasteiger partial charge in [0.1, 0.15) is 5.82 Å². The molecule has 0 radical (unpaired) electrons. The Morgan fingerprint density at radius 1 is 1.00 bits per heavy atom. The molecule has 3 heteroatoms. The summed E-state index contributed by atoms with van der Waals surface area (Å²) in [5.41, 5.74) is 5.15. The van der Waals surface area contributed by atoms with Crippen LogP contribution >= 0.6 is 0 Å². The minimum absolute atomic E-state index is 0.802. The van der Waals surface area contributed by atoms with Crippen LogP contribution in [0.5, 0.6) is 0 Å². The van der Waals surface area contributed by atoms with Crippen molar-refractivity contribution in [1.29, 1.82) is 0 Å². The van der Waals surface area contributed by atoms with E-state index in [9.17, 15) is 0 Å². The molecule has 0 bridgehead atoms. The van der Waals surface area contributed by atoms with E-state index in [4.69, 9.17) is 9.97 Å². The first kappa shape index (κ1) is 12.8. The molecule has 1 N–H and O–H groups in total. The van der Waals surface area contributed by atoms with Gasteiger partial charge in [-0.05, 0) is 50.0 Å². The molecule has 1 fully saturated rings. The predicted octanol–water partition coefficient (Wildman–Crippen LogP) is 3.94. The first-order valence-electron chi connectivity index (χ1n) is 8.03. The van der Waals surface area contributed by atoms with Gasteiger partial charge in [-0.15, -0.1) is 0 Å². The summed E-state index contributed by atoms with van der Waals surface area (Å²) in [4.78, 5) is 9.57.